The van der Waals surface area contributed by atoms with Crippen LogP contribution in [0, 0.1) is 0 Å². The van der Waals surface area contributed by atoms with Gasteiger partial charge in [-0.25, -0.2) is 0 Å². The molecule has 0 saturated carbocycles. The van der Waals surface area contributed by atoms with E-state index in [1.54, 1.807) is 6.92 Å². The van der Waals surface area contributed by atoms with Crippen LogP contribution >= 0.6 is 0 Å². The minimum atomic E-state index is -0.156. The van der Waals surface area contributed by atoms with Gasteiger partial charge in [0.1, 0.15) is 5.75 Å². The normalized spacial score (nSPS) is 10.2. The second-order valence-electron chi connectivity index (χ2n) is 4.06. The van der Waals surface area contributed by atoms with Gasteiger partial charge in [0.2, 0.25) is 0 Å². The molecule has 106 valence electrons. The Morgan fingerprint density at radius 2 is 1.68 bits per heavy atom. The van der Waals surface area contributed by atoms with Gasteiger partial charge in [-0.3, -0.25) is 4.79 Å². The van der Waals surface area contributed by atoms with Gasteiger partial charge in [-0.1, -0.05) is 25.1 Å². The molecule has 0 spiro atoms. The lowest BCUT2D eigenvalue weighted by Gasteiger charge is -2.07. The van der Waals surface area contributed by atoms with E-state index in [2.05, 4.69) is 0 Å². The zero-order chi connectivity index (χ0) is 13.8. The summed E-state index contributed by atoms with van der Waals surface area (Å²) in [6, 6.07) is 9.72. The number of hydrogen-bond acceptors (Lipinski definition) is 4. The zero-order valence-corrected chi connectivity index (χ0v) is 11.5. The van der Waals surface area contributed by atoms with Crippen LogP contribution in [0.25, 0.3) is 0 Å². The molecule has 0 radical (unpaired) electrons. The van der Waals surface area contributed by atoms with Crippen molar-refractivity contribution in [2.75, 3.05) is 26.4 Å². The fourth-order valence-corrected chi connectivity index (χ4v) is 1.42. The van der Waals surface area contributed by atoms with Crippen molar-refractivity contribution in [3.05, 3.63) is 30.3 Å². The fraction of sp³-hybridized carbons (Fsp3) is 0.533. The first-order valence-electron chi connectivity index (χ1n) is 6.74. The standard InChI is InChI=1S/C15H22O4/c1-2-15(16)19-13-7-11-17-10-6-12-18-14-8-4-3-5-9-14/h3-5,8-9H,2,6-7,10-13H2,1H3. The summed E-state index contributed by atoms with van der Waals surface area (Å²) in [5.41, 5.74) is 0. The third-order valence-electron chi connectivity index (χ3n) is 2.43. The quantitative estimate of drug-likeness (QED) is 0.482. The Kier molecular flexibility index (Phi) is 8.47. The molecule has 0 bridgehead atoms. The molecule has 0 fully saturated rings. The molecule has 0 saturated heterocycles. The van der Waals surface area contributed by atoms with Crippen molar-refractivity contribution in [2.24, 2.45) is 0 Å². The van der Waals surface area contributed by atoms with Gasteiger partial charge in [0.25, 0.3) is 0 Å². The van der Waals surface area contributed by atoms with Gasteiger partial charge >= 0.3 is 5.97 Å². The number of para-hydroxylation sites is 1. The van der Waals surface area contributed by atoms with E-state index in [0.29, 0.717) is 32.8 Å². The van der Waals surface area contributed by atoms with Gasteiger partial charge in [-0.2, -0.15) is 0 Å². The second kappa shape index (κ2) is 10.4. The van der Waals surface area contributed by atoms with E-state index in [0.717, 1.165) is 18.6 Å². The van der Waals surface area contributed by atoms with Crippen molar-refractivity contribution in [1.29, 1.82) is 0 Å². The lowest BCUT2D eigenvalue weighted by Crippen LogP contribution is -2.08. The molecule has 1 aromatic rings. The first kappa shape index (κ1) is 15.5. The van der Waals surface area contributed by atoms with Crippen molar-refractivity contribution in [3.63, 3.8) is 0 Å². The number of carbonyl (C=O) groups excluding carboxylic acids is 1. The van der Waals surface area contributed by atoms with E-state index >= 15 is 0 Å². The number of rotatable bonds is 10. The smallest absolute Gasteiger partial charge is 0.305 e. The van der Waals surface area contributed by atoms with Gasteiger partial charge in [-0.15, -0.1) is 0 Å². The Balaban J connectivity index is 1.85. The van der Waals surface area contributed by atoms with E-state index in [4.69, 9.17) is 14.2 Å². The number of benzene rings is 1. The van der Waals surface area contributed by atoms with Crippen molar-refractivity contribution in [2.45, 2.75) is 26.2 Å². The van der Waals surface area contributed by atoms with Crippen molar-refractivity contribution in [3.8, 4) is 5.75 Å². The topological polar surface area (TPSA) is 44.8 Å². The Hall–Kier alpha value is -1.55. The largest absolute Gasteiger partial charge is 0.494 e. The number of hydrogen-bond donors (Lipinski definition) is 0. The molecule has 0 heterocycles. The number of ether oxygens (including phenoxy) is 3. The molecule has 4 heteroatoms. The van der Waals surface area contributed by atoms with Crippen LogP contribution in [0.15, 0.2) is 30.3 Å². The summed E-state index contributed by atoms with van der Waals surface area (Å²) in [4.78, 5) is 10.8. The van der Waals surface area contributed by atoms with Gasteiger partial charge in [0.15, 0.2) is 0 Å². The summed E-state index contributed by atoms with van der Waals surface area (Å²) in [6.45, 7) is 4.14. The lowest BCUT2D eigenvalue weighted by atomic mass is 10.3. The third kappa shape index (κ3) is 8.21. The highest BCUT2D eigenvalue weighted by atomic mass is 16.5. The van der Waals surface area contributed by atoms with Crippen LogP contribution in [0.2, 0.25) is 0 Å². The van der Waals surface area contributed by atoms with E-state index < -0.39 is 0 Å². The highest BCUT2D eigenvalue weighted by molar-refractivity contribution is 5.68. The van der Waals surface area contributed by atoms with E-state index in [9.17, 15) is 4.79 Å². The molecule has 0 aromatic heterocycles. The molecule has 0 N–H and O–H groups in total. The van der Waals surface area contributed by atoms with Crippen LogP contribution in [-0.2, 0) is 14.3 Å². The summed E-state index contributed by atoms with van der Waals surface area (Å²) in [7, 11) is 0. The Bertz CT molecular complexity index is 337. The summed E-state index contributed by atoms with van der Waals surface area (Å²) in [5, 5.41) is 0. The molecule has 1 aromatic carbocycles. The molecule has 0 aliphatic rings. The predicted molar refractivity (Wildman–Crippen MR) is 73.2 cm³/mol. The molecule has 19 heavy (non-hydrogen) atoms. The van der Waals surface area contributed by atoms with Gasteiger partial charge in [0, 0.05) is 32.5 Å². The van der Waals surface area contributed by atoms with E-state index in [1.807, 2.05) is 30.3 Å². The SMILES string of the molecule is CCC(=O)OCCCOCCCOc1ccccc1. The van der Waals surface area contributed by atoms with Crippen LogP contribution < -0.4 is 4.74 Å². The van der Waals surface area contributed by atoms with Gasteiger partial charge in [-0.05, 0) is 12.1 Å². The maximum Gasteiger partial charge on any atom is 0.305 e. The molecular weight excluding hydrogens is 244 g/mol. The number of carbonyl (C=O) groups is 1. The summed E-state index contributed by atoms with van der Waals surface area (Å²) >= 11 is 0. The van der Waals surface area contributed by atoms with Crippen LogP contribution in [0.3, 0.4) is 0 Å². The summed E-state index contributed by atoms with van der Waals surface area (Å²) in [6.07, 6.45) is 2.02. The molecule has 0 aliphatic carbocycles. The van der Waals surface area contributed by atoms with Crippen LogP contribution in [-0.4, -0.2) is 32.4 Å². The van der Waals surface area contributed by atoms with Gasteiger partial charge in [0.05, 0.1) is 13.2 Å². The zero-order valence-electron chi connectivity index (χ0n) is 11.5. The Labute approximate surface area is 114 Å². The third-order valence-corrected chi connectivity index (χ3v) is 2.43. The molecule has 0 aliphatic heterocycles. The molecule has 1 rings (SSSR count). The maximum absolute atomic E-state index is 10.8. The first-order chi connectivity index (χ1) is 9.33. The van der Waals surface area contributed by atoms with Crippen molar-refractivity contribution < 1.29 is 19.0 Å². The second-order valence-corrected chi connectivity index (χ2v) is 4.06. The minimum absolute atomic E-state index is 0.156. The summed E-state index contributed by atoms with van der Waals surface area (Å²) in [5.74, 6) is 0.727. The fourth-order valence-electron chi connectivity index (χ4n) is 1.42. The average molecular weight is 266 g/mol. The Morgan fingerprint density at radius 3 is 2.37 bits per heavy atom. The van der Waals surface area contributed by atoms with Crippen LogP contribution in [0.1, 0.15) is 26.2 Å². The maximum atomic E-state index is 10.8. The monoisotopic (exact) mass is 266 g/mol. The van der Waals surface area contributed by atoms with E-state index in [1.165, 1.54) is 0 Å². The first-order valence-corrected chi connectivity index (χ1v) is 6.74. The molecule has 0 unspecified atom stereocenters. The van der Waals surface area contributed by atoms with Crippen LogP contribution in [0.5, 0.6) is 5.75 Å². The molecule has 4 nitrogen and oxygen atoms in total. The molecular formula is C15H22O4. The lowest BCUT2D eigenvalue weighted by molar-refractivity contribution is -0.143. The highest BCUT2D eigenvalue weighted by Crippen LogP contribution is 2.08. The molecule has 0 amide bonds. The van der Waals surface area contributed by atoms with E-state index in [-0.39, 0.29) is 5.97 Å². The van der Waals surface area contributed by atoms with Crippen molar-refractivity contribution in [1.82, 2.24) is 0 Å². The van der Waals surface area contributed by atoms with Crippen LogP contribution in [0.4, 0.5) is 0 Å². The van der Waals surface area contributed by atoms with Gasteiger partial charge < -0.3 is 14.2 Å². The number of esters is 1. The van der Waals surface area contributed by atoms with Crippen molar-refractivity contribution >= 4 is 5.97 Å². The summed E-state index contributed by atoms with van der Waals surface area (Å²) < 4.78 is 15.9. The molecule has 0 atom stereocenters. The highest BCUT2D eigenvalue weighted by Gasteiger charge is 1.97. The minimum Gasteiger partial charge on any atom is -0.494 e. The Morgan fingerprint density at radius 1 is 1.00 bits per heavy atom. The predicted octanol–water partition coefficient (Wildman–Crippen LogP) is 2.82. The average Bonchev–Trinajstić information content (AvgIpc) is 2.46.